The molecule has 90 valence electrons. The van der Waals surface area contributed by atoms with Gasteiger partial charge in [0.25, 0.3) is 0 Å². The van der Waals surface area contributed by atoms with Crippen LogP contribution in [0.2, 0.25) is 0 Å². The van der Waals surface area contributed by atoms with Gasteiger partial charge in [0.1, 0.15) is 0 Å². The quantitative estimate of drug-likeness (QED) is 0.821. The number of aliphatic hydroxyl groups is 2. The fourth-order valence-corrected chi connectivity index (χ4v) is 1.68. The standard InChI is InChI=1S/C14H22O2/c1-5-14(4,16)13(15)9-12-8-10(2)6-7-11(12)3/h6-8,13,15-16H,5,9H2,1-4H3. The topological polar surface area (TPSA) is 40.5 Å². The molecule has 0 fully saturated rings. The van der Waals surface area contributed by atoms with Gasteiger partial charge in [-0.15, -0.1) is 0 Å². The number of rotatable bonds is 4. The molecule has 1 rings (SSSR count). The van der Waals surface area contributed by atoms with Gasteiger partial charge in [-0.3, -0.25) is 0 Å². The molecule has 1 aromatic rings. The van der Waals surface area contributed by atoms with E-state index in [0.29, 0.717) is 12.8 Å². The van der Waals surface area contributed by atoms with E-state index in [-0.39, 0.29) is 0 Å². The highest BCUT2D eigenvalue weighted by atomic mass is 16.3. The highest BCUT2D eigenvalue weighted by Gasteiger charge is 2.28. The van der Waals surface area contributed by atoms with Gasteiger partial charge >= 0.3 is 0 Å². The van der Waals surface area contributed by atoms with E-state index in [1.807, 2.05) is 20.8 Å². The molecule has 0 saturated carbocycles. The third-order valence-corrected chi connectivity index (χ3v) is 3.35. The number of hydrogen-bond acceptors (Lipinski definition) is 2. The SMILES string of the molecule is CCC(C)(O)C(O)Cc1cc(C)ccc1C. The first-order valence-corrected chi connectivity index (χ1v) is 5.83. The Kier molecular flexibility index (Phi) is 4.11. The molecule has 0 aliphatic heterocycles. The molecule has 0 heterocycles. The van der Waals surface area contributed by atoms with Crippen LogP contribution in [0.3, 0.4) is 0 Å². The van der Waals surface area contributed by atoms with Crippen molar-refractivity contribution < 1.29 is 10.2 Å². The summed E-state index contributed by atoms with van der Waals surface area (Å²) in [6, 6.07) is 6.19. The van der Waals surface area contributed by atoms with Crippen molar-refractivity contribution in [2.24, 2.45) is 0 Å². The second-order valence-electron chi connectivity index (χ2n) is 4.86. The summed E-state index contributed by atoms with van der Waals surface area (Å²) >= 11 is 0. The minimum absolute atomic E-state index is 0.508. The lowest BCUT2D eigenvalue weighted by atomic mass is 9.89. The van der Waals surface area contributed by atoms with Crippen LogP contribution in [0.15, 0.2) is 18.2 Å². The van der Waals surface area contributed by atoms with Crippen molar-refractivity contribution in [3.8, 4) is 0 Å². The highest BCUT2D eigenvalue weighted by molar-refractivity contribution is 5.31. The summed E-state index contributed by atoms with van der Waals surface area (Å²) in [4.78, 5) is 0. The molecule has 0 saturated heterocycles. The summed E-state index contributed by atoms with van der Waals surface area (Å²) in [5, 5.41) is 20.0. The van der Waals surface area contributed by atoms with E-state index in [0.717, 1.165) is 11.1 Å². The van der Waals surface area contributed by atoms with Crippen molar-refractivity contribution in [2.45, 2.75) is 52.2 Å². The molecular weight excluding hydrogens is 200 g/mol. The summed E-state index contributed by atoms with van der Waals surface area (Å²) in [6.45, 7) is 7.63. The van der Waals surface area contributed by atoms with Crippen LogP contribution in [0.5, 0.6) is 0 Å². The molecule has 0 aliphatic carbocycles. The zero-order valence-electron chi connectivity index (χ0n) is 10.6. The molecule has 0 amide bonds. The first kappa shape index (κ1) is 13.2. The third kappa shape index (κ3) is 3.06. The Hall–Kier alpha value is -0.860. The zero-order chi connectivity index (χ0) is 12.3. The fourth-order valence-electron chi connectivity index (χ4n) is 1.68. The maximum atomic E-state index is 10.00. The van der Waals surface area contributed by atoms with Crippen molar-refractivity contribution in [2.75, 3.05) is 0 Å². The van der Waals surface area contributed by atoms with Crippen LogP contribution >= 0.6 is 0 Å². The predicted octanol–water partition coefficient (Wildman–Crippen LogP) is 2.37. The molecule has 2 atom stereocenters. The van der Waals surface area contributed by atoms with E-state index in [1.165, 1.54) is 5.56 Å². The third-order valence-electron chi connectivity index (χ3n) is 3.35. The predicted molar refractivity (Wildman–Crippen MR) is 66.5 cm³/mol. The van der Waals surface area contributed by atoms with Gasteiger partial charge in [0.2, 0.25) is 0 Å². The van der Waals surface area contributed by atoms with Crippen molar-refractivity contribution in [1.29, 1.82) is 0 Å². The molecule has 2 nitrogen and oxygen atoms in total. The Morgan fingerprint density at radius 1 is 1.31 bits per heavy atom. The minimum atomic E-state index is -1.00. The molecule has 0 radical (unpaired) electrons. The van der Waals surface area contributed by atoms with E-state index < -0.39 is 11.7 Å². The molecule has 0 bridgehead atoms. The maximum absolute atomic E-state index is 10.00. The summed E-state index contributed by atoms with van der Waals surface area (Å²) in [5.74, 6) is 0. The van der Waals surface area contributed by atoms with Crippen molar-refractivity contribution >= 4 is 0 Å². The molecule has 16 heavy (non-hydrogen) atoms. The van der Waals surface area contributed by atoms with Crippen molar-refractivity contribution in [1.82, 2.24) is 0 Å². The summed E-state index contributed by atoms with van der Waals surface area (Å²) in [6.07, 6.45) is 0.353. The summed E-state index contributed by atoms with van der Waals surface area (Å²) in [7, 11) is 0. The first-order chi connectivity index (χ1) is 7.36. The van der Waals surface area contributed by atoms with Crippen LogP contribution in [0, 0.1) is 13.8 Å². The average molecular weight is 222 g/mol. The monoisotopic (exact) mass is 222 g/mol. The Morgan fingerprint density at radius 3 is 2.50 bits per heavy atom. The zero-order valence-corrected chi connectivity index (χ0v) is 10.6. The number of benzene rings is 1. The minimum Gasteiger partial charge on any atom is -0.390 e. The van der Waals surface area contributed by atoms with E-state index >= 15 is 0 Å². The van der Waals surface area contributed by atoms with Gasteiger partial charge in [-0.05, 0) is 38.3 Å². The lowest BCUT2D eigenvalue weighted by Crippen LogP contribution is -2.40. The Labute approximate surface area is 97.9 Å². The molecule has 2 unspecified atom stereocenters. The van der Waals surface area contributed by atoms with Crippen LogP contribution in [-0.4, -0.2) is 21.9 Å². The highest BCUT2D eigenvalue weighted by Crippen LogP contribution is 2.20. The van der Waals surface area contributed by atoms with E-state index in [1.54, 1.807) is 6.92 Å². The van der Waals surface area contributed by atoms with Crippen LogP contribution in [0.4, 0.5) is 0 Å². The van der Waals surface area contributed by atoms with E-state index in [2.05, 4.69) is 18.2 Å². The number of hydrogen-bond donors (Lipinski definition) is 2. The van der Waals surface area contributed by atoms with Crippen molar-refractivity contribution in [3.63, 3.8) is 0 Å². The molecular formula is C14H22O2. The van der Waals surface area contributed by atoms with E-state index in [4.69, 9.17) is 0 Å². The van der Waals surface area contributed by atoms with Gasteiger partial charge in [-0.2, -0.15) is 0 Å². The fraction of sp³-hybridized carbons (Fsp3) is 0.571. The van der Waals surface area contributed by atoms with Crippen molar-refractivity contribution in [3.05, 3.63) is 34.9 Å². The van der Waals surface area contributed by atoms with Gasteiger partial charge in [0.15, 0.2) is 0 Å². The Balaban J connectivity index is 2.84. The Morgan fingerprint density at radius 2 is 1.94 bits per heavy atom. The molecule has 0 aliphatic rings. The first-order valence-electron chi connectivity index (χ1n) is 5.83. The van der Waals surface area contributed by atoms with Crippen LogP contribution in [-0.2, 0) is 6.42 Å². The summed E-state index contributed by atoms with van der Waals surface area (Å²) in [5.41, 5.74) is 2.46. The number of aliphatic hydroxyl groups excluding tert-OH is 1. The molecule has 1 aromatic carbocycles. The summed E-state index contributed by atoms with van der Waals surface area (Å²) < 4.78 is 0. The molecule has 0 aromatic heterocycles. The smallest absolute Gasteiger partial charge is 0.0878 e. The normalized spacial score (nSPS) is 16.9. The Bertz CT molecular complexity index is 356. The van der Waals surface area contributed by atoms with Crippen LogP contribution < -0.4 is 0 Å². The molecule has 0 spiro atoms. The van der Waals surface area contributed by atoms with Crippen LogP contribution in [0.1, 0.15) is 37.0 Å². The molecule has 2 N–H and O–H groups in total. The molecule has 2 heteroatoms. The van der Waals surface area contributed by atoms with Gasteiger partial charge in [0, 0.05) is 6.42 Å². The van der Waals surface area contributed by atoms with Gasteiger partial charge < -0.3 is 10.2 Å². The maximum Gasteiger partial charge on any atom is 0.0878 e. The lowest BCUT2D eigenvalue weighted by molar-refractivity contribution is -0.0630. The number of aryl methyl sites for hydroxylation is 2. The lowest BCUT2D eigenvalue weighted by Gasteiger charge is -2.28. The van der Waals surface area contributed by atoms with Gasteiger partial charge in [0.05, 0.1) is 11.7 Å². The van der Waals surface area contributed by atoms with Gasteiger partial charge in [-0.25, -0.2) is 0 Å². The van der Waals surface area contributed by atoms with Gasteiger partial charge in [-0.1, -0.05) is 30.7 Å². The second-order valence-corrected chi connectivity index (χ2v) is 4.86. The van der Waals surface area contributed by atoms with E-state index in [9.17, 15) is 10.2 Å². The second kappa shape index (κ2) is 4.98. The van der Waals surface area contributed by atoms with Crippen LogP contribution in [0.25, 0.3) is 0 Å². The average Bonchev–Trinajstić information content (AvgIpc) is 2.23. The largest absolute Gasteiger partial charge is 0.390 e.